The van der Waals surface area contributed by atoms with E-state index in [0.717, 1.165) is 6.07 Å². The molecule has 4 heteroatoms. The second-order valence-electron chi connectivity index (χ2n) is 2.74. The molecule has 0 aliphatic rings. The number of rotatable bonds is 0. The van der Waals surface area contributed by atoms with Crippen LogP contribution >= 0.6 is 0 Å². The molecule has 4 nitrogen and oxygen atoms in total. The molecule has 0 aliphatic heterocycles. The van der Waals surface area contributed by atoms with Crippen molar-refractivity contribution < 1.29 is 10.2 Å². The molecular weight excluding hydrogens is 170 g/mol. The Hall–Kier alpha value is -1.97. The van der Waals surface area contributed by atoms with Gasteiger partial charge < -0.3 is 15.2 Å². The molecule has 0 aliphatic carbocycles. The summed E-state index contributed by atoms with van der Waals surface area (Å²) in [5, 5.41) is 19.2. The van der Waals surface area contributed by atoms with E-state index in [1.807, 2.05) is 0 Å². The maximum atomic E-state index is 11.2. The number of hydrogen-bond donors (Lipinski definition) is 3. The number of phenolic OH excluding ortho intramolecular Hbond substituents is 2. The van der Waals surface area contributed by atoms with Gasteiger partial charge in [0.05, 0.1) is 5.39 Å². The molecule has 0 spiro atoms. The summed E-state index contributed by atoms with van der Waals surface area (Å²) in [6.07, 6.45) is 1.46. The number of pyridine rings is 1. The van der Waals surface area contributed by atoms with Crippen LogP contribution < -0.4 is 5.56 Å². The van der Waals surface area contributed by atoms with Gasteiger partial charge in [0.1, 0.15) is 11.5 Å². The average Bonchev–Trinajstić information content (AvgIpc) is 2.02. The minimum atomic E-state index is -0.366. The summed E-state index contributed by atoms with van der Waals surface area (Å²) in [6.45, 7) is 0. The van der Waals surface area contributed by atoms with Crippen LogP contribution in [0.3, 0.4) is 0 Å². The number of phenols is 2. The highest BCUT2D eigenvalue weighted by Crippen LogP contribution is 2.26. The minimum Gasteiger partial charge on any atom is -0.508 e. The summed E-state index contributed by atoms with van der Waals surface area (Å²) in [5.74, 6) is -0.271. The van der Waals surface area contributed by atoms with Crippen molar-refractivity contribution in [2.75, 3.05) is 0 Å². The van der Waals surface area contributed by atoms with Crippen LogP contribution in [-0.2, 0) is 0 Å². The maximum absolute atomic E-state index is 11.2. The molecule has 1 heterocycles. The highest BCUT2D eigenvalue weighted by molar-refractivity contribution is 5.88. The molecule has 0 saturated carbocycles. The summed E-state index contributed by atoms with van der Waals surface area (Å²) in [4.78, 5) is 13.7. The van der Waals surface area contributed by atoms with Gasteiger partial charge in [-0.1, -0.05) is 0 Å². The van der Waals surface area contributed by atoms with Crippen LogP contribution in [0, 0.1) is 0 Å². The second-order valence-corrected chi connectivity index (χ2v) is 2.74. The lowest BCUT2D eigenvalue weighted by atomic mass is 10.1. The number of fused-ring (bicyclic) bond motifs is 1. The molecule has 3 N–H and O–H groups in total. The Balaban J connectivity index is 3.03. The summed E-state index contributed by atoms with van der Waals surface area (Å²) >= 11 is 0. The van der Waals surface area contributed by atoms with Crippen molar-refractivity contribution in [3.8, 4) is 11.5 Å². The first-order valence-corrected chi connectivity index (χ1v) is 3.72. The van der Waals surface area contributed by atoms with Crippen LogP contribution in [0.5, 0.6) is 11.5 Å². The molecule has 0 unspecified atom stereocenters. The first kappa shape index (κ1) is 7.67. The lowest BCUT2D eigenvalue weighted by Crippen LogP contribution is -2.04. The standard InChI is InChI=1S/C9H7NO3/c11-6-3-5-1-2-10-9(13)8(5)7(12)4-6/h1-4,11-12H,(H,10,13). The van der Waals surface area contributed by atoms with Crippen molar-refractivity contribution in [2.24, 2.45) is 0 Å². The number of hydrogen-bond acceptors (Lipinski definition) is 3. The fourth-order valence-electron chi connectivity index (χ4n) is 1.29. The minimum absolute atomic E-state index is 0.0596. The molecule has 0 amide bonds. The van der Waals surface area contributed by atoms with Gasteiger partial charge in [0.2, 0.25) is 0 Å². The van der Waals surface area contributed by atoms with Crippen LogP contribution in [0.4, 0.5) is 0 Å². The Morgan fingerprint density at radius 3 is 2.77 bits per heavy atom. The van der Waals surface area contributed by atoms with Crippen molar-refractivity contribution in [1.29, 1.82) is 0 Å². The number of benzene rings is 1. The Morgan fingerprint density at radius 2 is 2.00 bits per heavy atom. The Labute approximate surface area is 73.1 Å². The zero-order valence-corrected chi connectivity index (χ0v) is 6.61. The van der Waals surface area contributed by atoms with Gasteiger partial charge in [0.15, 0.2) is 0 Å². The lowest BCUT2D eigenvalue weighted by molar-refractivity contribution is 0.455. The molecule has 66 valence electrons. The number of nitrogens with one attached hydrogen (secondary N) is 1. The second kappa shape index (κ2) is 2.52. The summed E-state index contributed by atoms with van der Waals surface area (Å²) in [5.41, 5.74) is -0.366. The van der Waals surface area contributed by atoms with E-state index in [1.165, 1.54) is 12.3 Å². The molecule has 0 saturated heterocycles. The van der Waals surface area contributed by atoms with Crippen LogP contribution in [0.2, 0.25) is 0 Å². The number of aromatic amines is 1. The summed E-state index contributed by atoms with van der Waals surface area (Å²) in [6, 6.07) is 4.16. The van der Waals surface area contributed by atoms with Gasteiger partial charge in [-0.25, -0.2) is 0 Å². The van der Waals surface area contributed by atoms with E-state index in [-0.39, 0.29) is 22.4 Å². The molecule has 2 aromatic rings. The molecule has 13 heavy (non-hydrogen) atoms. The predicted molar refractivity (Wildman–Crippen MR) is 47.9 cm³/mol. The van der Waals surface area contributed by atoms with E-state index in [2.05, 4.69) is 4.98 Å². The third kappa shape index (κ3) is 1.12. The molecule has 0 bridgehead atoms. The summed E-state index contributed by atoms with van der Waals surface area (Å²) < 4.78 is 0. The predicted octanol–water partition coefficient (Wildman–Crippen LogP) is 0.939. The summed E-state index contributed by atoms with van der Waals surface area (Å²) in [7, 11) is 0. The van der Waals surface area contributed by atoms with Crippen molar-refractivity contribution in [1.82, 2.24) is 4.98 Å². The quantitative estimate of drug-likeness (QED) is 0.560. The van der Waals surface area contributed by atoms with Gasteiger partial charge in [0.25, 0.3) is 5.56 Å². The number of aromatic nitrogens is 1. The first-order chi connectivity index (χ1) is 6.18. The van der Waals surface area contributed by atoms with Crippen LogP contribution in [0.1, 0.15) is 0 Å². The Kier molecular flexibility index (Phi) is 1.48. The van der Waals surface area contributed by atoms with Gasteiger partial charge in [-0.3, -0.25) is 4.79 Å². The molecule has 1 aromatic carbocycles. The van der Waals surface area contributed by atoms with Crippen molar-refractivity contribution in [3.63, 3.8) is 0 Å². The normalized spacial score (nSPS) is 10.5. The van der Waals surface area contributed by atoms with Crippen molar-refractivity contribution in [2.45, 2.75) is 0 Å². The van der Waals surface area contributed by atoms with Crippen molar-refractivity contribution >= 4 is 10.8 Å². The largest absolute Gasteiger partial charge is 0.508 e. The molecule has 0 fully saturated rings. The van der Waals surface area contributed by atoms with E-state index in [4.69, 9.17) is 5.11 Å². The monoisotopic (exact) mass is 177 g/mol. The molecule has 1 aromatic heterocycles. The SMILES string of the molecule is O=c1[nH]ccc2cc(O)cc(O)c12. The van der Waals surface area contributed by atoms with Crippen LogP contribution in [0.15, 0.2) is 29.2 Å². The van der Waals surface area contributed by atoms with E-state index in [9.17, 15) is 9.90 Å². The molecule has 2 rings (SSSR count). The Morgan fingerprint density at radius 1 is 1.23 bits per heavy atom. The lowest BCUT2D eigenvalue weighted by Gasteiger charge is -1.99. The maximum Gasteiger partial charge on any atom is 0.259 e. The zero-order chi connectivity index (χ0) is 9.42. The van der Waals surface area contributed by atoms with Gasteiger partial charge in [0, 0.05) is 12.3 Å². The fraction of sp³-hybridized carbons (Fsp3) is 0. The molecular formula is C9H7NO3. The fourth-order valence-corrected chi connectivity index (χ4v) is 1.29. The zero-order valence-electron chi connectivity index (χ0n) is 6.61. The highest BCUT2D eigenvalue weighted by atomic mass is 16.3. The number of aromatic hydroxyl groups is 2. The van der Waals surface area contributed by atoms with E-state index in [1.54, 1.807) is 6.07 Å². The third-order valence-electron chi connectivity index (χ3n) is 1.84. The van der Waals surface area contributed by atoms with Gasteiger partial charge >= 0.3 is 0 Å². The van der Waals surface area contributed by atoms with Crippen LogP contribution in [-0.4, -0.2) is 15.2 Å². The van der Waals surface area contributed by atoms with E-state index >= 15 is 0 Å². The first-order valence-electron chi connectivity index (χ1n) is 3.72. The van der Waals surface area contributed by atoms with E-state index < -0.39 is 0 Å². The van der Waals surface area contributed by atoms with Crippen LogP contribution in [0.25, 0.3) is 10.8 Å². The Bertz CT molecular complexity index is 516. The molecule has 0 radical (unpaired) electrons. The smallest absolute Gasteiger partial charge is 0.259 e. The highest BCUT2D eigenvalue weighted by Gasteiger charge is 2.04. The van der Waals surface area contributed by atoms with E-state index in [0.29, 0.717) is 5.39 Å². The average molecular weight is 177 g/mol. The third-order valence-corrected chi connectivity index (χ3v) is 1.84. The van der Waals surface area contributed by atoms with Crippen molar-refractivity contribution in [3.05, 3.63) is 34.7 Å². The molecule has 0 atom stereocenters. The topological polar surface area (TPSA) is 73.3 Å². The van der Waals surface area contributed by atoms with Gasteiger partial charge in [-0.2, -0.15) is 0 Å². The van der Waals surface area contributed by atoms with Gasteiger partial charge in [-0.15, -0.1) is 0 Å². The number of H-pyrrole nitrogens is 1. The van der Waals surface area contributed by atoms with Gasteiger partial charge in [-0.05, 0) is 17.5 Å².